The van der Waals surface area contributed by atoms with E-state index in [1.165, 1.54) is 0 Å². The van der Waals surface area contributed by atoms with E-state index in [-0.39, 0.29) is 17.9 Å². The van der Waals surface area contributed by atoms with E-state index in [4.69, 9.17) is 5.73 Å². The van der Waals surface area contributed by atoms with Crippen LogP contribution in [0.2, 0.25) is 0 Å². The van der Waals surface area contributed by atoms with Gasteiger partial charge in [-0.3, -0.25) is 4.79 Å². The molecule has 0 unspecified atom stereocenters. The van der Waals surface area contributed by atoms with E-state index in [9.17, 15) is 15.0 Å². The standard InChI is InChI=1S/C14H23NO3/c1-8(13(16)17)9-3-4-12(15)10-5-6-14(2,18)7-11(9)10/h7-10,12,18H,3-6,15H2,1-2H3,(H,16,17)/t8-,9+,10-,12-,14-/m1/s1. The van der Waals surface area contributed by atoms with Gasteiger partial charge in [-0.1, -0.05) is 18.6 Å². The third-order valence-corrected chi connectivity index (χ3v) is 4.62. The molecule has 1 fully saturated rings. The van der Waals surface area contributed by atoms with E-state index >= 15 is 0 Å². The second-order valence-electron chi connectivity index (χ2n) is 6.12. The van der Waals surface area contributed by atoms with Crippen molar-refractivity contribution < 1.29 is 15.0 Å². The first-order chi connectivity index (χ1) is 8.32. The van der Waals surface area contributed by atoms with Crippen LogP contribution in [0.15, 0.2) is 11.6 Å². The Hall–Kier alpha value is -0.870. The molecule has 0 aromatic carbocycles. The Kier molecular flexibility index (Phi) is 3.52. The van der Waals surface area contributed by atoms with Crippen LogP contribution >= 0.6 is 0 Å². The van der Waals surface area contributed by atoms with Crippen molar-refractivity contribution in [2.75, 3.05) is 0 Å². The van der Waals surface area contributed by atoms with E-state index in [0.717, 1.165) is 24.8 Å². The second kappa shape index (κ2) is 4.67. The number of rotatable bonds is 2. The summed E-state index contributed by atoms with van der Waals surface area (Å²) in [7, 11) is 0. The average Bonchev–Trinajstić information content (AvgIpc) is 2.27. The lowest BCUT2D eigenvalue weighted by Gasteiger charge is -2.43. The largest absolute Gasteiger partial charge is 0.481 e. The SMILES string of the molecule is C[C@@H](C(=O)O)[C@@H]1CC[C@@H](N)[C@@H]2CC[C@@](C)(O)C=C21. The maximum Gasteiger partial charge on any atom is 0.306 e. The summed E-state index contributed by atoms with van der Waals surface area (Å²) < 4.78 is 0. The summed E-state index contributed by atoms with van der Waals surface area (Å²) in [5, 5.41) is 19.4. The van der Waals surface area contributed by atoms with Gasteiger partial charge < -0.3 is 15.9 Å². The Bertz CT molecular complexity index is 375. The monoisotopic (exact) mass is 253 g/mol. The fraction of sp³-hybridized carbons (Fsp3) is 0.786. The van der Waals surface area contributed by atoms with Crippen LogP contribution in [0.5, 0.6) is 0 Å². The van der Waals surface area contributed by atoms with Crippen molar-refractivity contribution in [3.05, 3.63) is 11.6 Å². The van der Waals surface area contributed by atoms with Crippen LogP contribution in [0.1, 0.15) is 39.5 Å². The number of aliphatic carboxylic acids is 1. The topological polar surface area (TPSA) is 83.5 Å². The first kappa shape index (κ1) is 13.6. The molecule has 0 aromatic heterocycles. The summed E-state index contributed by atoms with van der Waals surface area (Å²) in [6.45, 7) is 3.55. The minimum Gasteiger partial charge on any atom is -0.481 e. The van der Waals surface area contributed by atoms with E-state index in [1.54, 1.807) is 13.8 Å². The van der Waals surface area contributed by atoms with Gasteiger partial charge in [0.1, 0.15) is 0 Å². The average molecular weight is 253 g/mol. The molecule has 0 heterocycles. The highest BCUT2D eigenvalue weighted by Crippen LogP contribution is 2.45. The number of fused-ring (bicyclic) bond motifs is 1. The highest BCUT2D eigenvalue weighted by atomic mass is 16.4. The van der Waals surface area contributed by atoms with Crippen LogP contribution in [0, 0.1) is 17.8 Å². The first-order valence-corrected chi connectivity index (χ1v) is 6.75. The predicted molar refractivity (Wildman–Crippen MR) is 68.9 cm³/mol. The van der Waals surface area contributed by atoms with Gasteiger partial charge in [0.05, 0.1) is 11.5 Å². The van der Waals surface area contributed by atoms with Gasteiger partial charge in [-0.25, -0.2) is 0 Å². The number of hydrogen-bond acceptors (Lipinski definition) is 3. The first-order valence-electron chi connectivity index (χ1n) is 6.75. The summed E-state index contributed by atoms with van der Waals surface area (Å²) in [5.74, 6) is -0.884. The van der Waals surface area contributed by atoms with Crippen molar-refractivity contribution in [3.8, 4) is 0 Å². The minimum atomic E-state index is -0.806. The van der Waals surface area contributed by atoms with Crippen molar-refractivity contribution in [1.82, 2.24) is 0 Å². The smallest absolute Gasteiger partial charge is 0.306 e. The fourth-order valence-corrected chi connectivity index (χ4v) is 3.45. The number of hydrogen-bond donors (Lipinski definition) is 3. The Morgan fingerprint density at radius 1 is 1.50 bits per heavy atom. The minimum absolute atomic E-state index is 0.0269. The van der Waals surface area contributed by atoms with Crippen molar-refractivity contribution in [1.29, 1.82) is 0 Å². The van der Waals surface area contributed by atoms with Crippen LogP contribution in [0.3, 0.4) is 0 Å². The molecule has 5 atom stereocenters. The van der Waals surface area contributed by atoms with Crippen LogP contribution in [0.25, 0.3) is 0 Å². The van der Waals surface area contributed by atoms with Gasteiger partial charge in [0, 0.05) is 6.04 Å². The van der Waals surface area contributed by atoms with E-state index in [1.807, 2.05) is 6.08 Å². The predicted octanol–water partition coefficient (Wildman–Crippen LogP) is 1.53. The number of carbonyl (C=O) groups is 1. The molecular formula is C14H23NO3. The molecule has 4 nitrogen and oxygen atoms in total. The molecule has 2 rings (SSSR count). The number of nitrogens with two attached hydrogens (primary N) is 1. The van der Waals surface area contributed by atoms with Gasteiger partial charge in [-0.2, -0.15) is 0 Å². The molecular weight excluding hydrogens is 230 g/mol. The zero-order valence-corrected chi connectivity index (χ0v) is 11.1. The van der Waals surface area contributed by atoms with E-state index in [0.29, 0.717) is 6.42 Å². The summed E-state index contributed by atoms with van der Waals surface area (Å²) in [4.78, 5) is 11.2. The Labute approximate surface area is 108 Å². The molecule has 0 amide bonds. The number of carboxylic acids is 1. The lowest BCUT2D eigenvalue weighted by molar-refractivity contribution is -0.143. The van der Waals surface area contributed by atoms with Gasteiger partial charge >= 0.3 is 5.97 Å². The molecule has 0 radical (unpaired) electrons. The highest BCUT2D eigenvalue weighted by Gasteiger charge is 2.41. The van der Waals surface area contributed by atoms with Crippen molar-refractivity contribution >= 4 is 5.97 Å². The van der Waals surface area contributed by atoms with Gasteiger partial charge in [0.2, 0.25) is 0 Å². The maximum atomic E-state index is 11.2. The van der Waals surface area contributed by atoms with E-state index < -0.39 is 17.5 Å². The normalized spacial score (nSPS) is 41.8. The van der Waals surface area contributed by atoms with Gasteiger partial charge in [-0.05, 0) is 44.4 Å². The zero-order valence-electron chi connectivity index (χ0n) is 11.1. The summed E-state index contributed by atoms with van der Waals surface area (Å²) in [5.41, 5.74) is 6.42. The van der Waals surface area contributed by atoms with Crippen LogP contribution in [-0.4, -0.2) is 27.8 Å². The van der Waals surface area contributed by atoms with Gasteiger partial charge in [0.15, 0.2) is 0 Å². The van der Waals surface area contributed by atoms with Crippen molar-refractivity contribution in [3.63, 3.8) is 0 Å². The molecule has 102 valence electrons. The van der Waals surface area contributed by atoms with Crippen LogP contribution < -0.4 is 5.73 Å². The Balaban J connectivity index is 2.32. The van der Waals surface area contributed by atoms with Gasteiger partial charge in [-0.15, -0.1) is 0 Å². The molecule has 0 aliphatic heterocycles. The van der Waals surface area contributed by atoms with Crippen molar-refractivity contribution in [2.45, 2.75) is 51.2 Å². The molecule has 2 aliphatic carbocycles. The van der Waals surface area contributed by atoms with Gasteiger partial charge in [0.25, 0.3) is 0 Å². The summed E-state index contributed by atoms with van der Waals surface area (Å²) in [6.07, 6.45) is 5.15. The Morgan fingerprint density at radius 3 is 2.78 bits per heavy atom. The molecule has 18 heavy (non-hydrogen) atoms. The highest BCUT2D eigenvalue weighted by molar-refractivity contribution is 5.70. The lowest BCUT2D eigenvalue weighted by Crippen LogP contribution is -2.45. The molecule has 4 N–H and O–H groups in total. The number of carboxylic acid groups (broad SMARTS) is 1. The number of aliphatic hydroxyl groups is 1. The summed E-state index contributed by atoms with van der Waals surface area (Å²) >= 11 is 0. The lowest BCUT2D eigenvalue weighted by atomic mass is 9.64. The molecule has 0 bridgehead atoms. The molecule has 0 saturated heterocycles. The molecule has 1 saturated carbocycles. The third kappa shape index (κ3) is 2.45. The van der Waals surface area contributed by atoms with Crippen LogP contribution in [0.4, 0.5) is 0 Å². The van der Waals surface area contributed by atoms with E-state index in [2.05, 4.69) is 0 Å². The third-order valence-electron chi connectivity index (χ3n) is 4.62. The molecule has 0 aromatic rings. The van der Waals surface area contributed by atoms with Crippen molar-refractivity contribution in [2.24, 2.45) is 23.5 Å². The van der Waals surface area contributed by atoms with Crippen LogP contribution in [-0.2, 0) is 4.79 Å². The molecule has 2 aliphatic rings. The zero-order chi connectivity index (χ0) is 13.5. The quantitative estimate of drug-likeness (QED) is 0.652. The summed E-state index contributed by atoms with van der Waals surface area (Å²) in [6, 6.07) is 0.115. The second-order valence-corrected chi connectivity index (χ2v) is 6.12. The molecule has 0 spiro atoms. The molecule has 4 heteroatoms. The Morgan fingerprint density at radius 2 is 2.17 bits per heavy atom. The fourth-order valence-electron chi connectivity index (χ4n) is 3.45. The maximum absolute atomic E-state index is 11.2.